The molecular formula is C33H30N2O. The average molecular weight is 471 g/mol. The normalized spacial score (nSPS) is 14.7. The predicted molar refractivity (Wildman–Crippen MR) is 150 cm³/mol. The van der Waals surface area contributed by atoms with Crippen LogP contribution in [0.15, 0.2) is 91.0 Å². The van der Waals surface area contributed by atoms with E-state index >= 15 is 0 Å². The molecule has 1 aliphatic carbocycles. The monoisotopic (exact) mass is 470 g/mol. The van der Waals surface area contributed by atoms with E-state index in [1.165, 1.54) is 33.3 Å². The molecule has 0 bridgehead atoms. The summed E-state index contributed by atoms with van der Waals surface area (Å²) in [4.78, 5) is 5.06. The molecule has 1 aliphatic rings. The van der Waals surface area contributed by atoms with Crippen LogP contribution in [0.4, 0.5) is 0 Å². The molecule has 3 heteroatoms. The molecule has 0 N–H and O–H groups in total. The van der Waals surface area contributed by atoms with Gasteiger partial charge in [-0.25, -0.2) is 4.98 Å². The topological polar surface area (TPSA) is 27.1 Å². The first kappa shape index (κ1) is 22.4. The lowest BCUT2D eigenvalue weighted by Crippen LogP contribution is -2.07. The Labute approximate surface area is 212 Å². The van der Waals surface area contributed by atoms with Crippen molar-refractivity contribution in [3.63, 3.8) is 0 Å². The first-order valence-electron chi connectivity index (χ1n) is 12.7. The fraction of sp³-hybridized carbons (Fsp3) is 0.182. The summed E-state index contributed by atoms with van der Waals surface area (Å²) in [6.45, 7) is 5.57. The highest BCUT2D eigenvalue weighted by Crippen LogP contribution is 2.39. The number of benzene rings is 3. The van der Waals surface area contributed by atoms with Crippen molar-refractivity contribution in [1.82, 2.24) is 9.55 Å². The number of pyridine rings is 1. The number of ether oxygens (including phenoxy) is 1. The Bertz CT molecular complexity index is 1580. The van der Waals surface area contributed by atoms with Crippen molar-refractivity contribution in [2.75, 3.05) is 7.11 Å². The number of rotatable bonds is 5. The quantitative estimate of drug-likeness (QED) is 0.257. The van der Waals surface area contributed by atoms with Crippen molar-refractivity contribution in [1.29, 1.82) is 0 Å². The lowest BCUT2D eigenvalue weighted by Gasteiger charge is -2.18. The molecule has 1 atom stereocenters. The second-order valence-corrected chi connectivity index (χ2v) is 9.54. The zero-order valence-electron chi connectivity index (χ0n) is 21.0. The number of hydrogen-bond donors (Lipinski definition) is 0. The molecule has 0 fully saturated rings. The summed E-state index contributed by atoms with van der Waals surface area (Å²) >= 11 is 0. The van der Waals surface area contributed by atoms with Crippen LogP contribution in [-0.4, -0.2) is 16.7 Å². The van der Waals surface area contributed by atoms with Crippen LogP contribution in [0, 0.1) is 0 Å². The van der Waals surface area contributed by atoms with E-state index in [9.17, 15) is 0 Å². The molecule has 5 aromatic rings. The van der Waals surface area contributed by atoms with Gasteiger partial charge in [0.15, 0.2) is 0 Å². The molecule has 3 nitrogen and oxygen atoms in total. The molecule has 0 amide bonds. The third kappa shape index (κ3) is 3.81. The number of nitrogens with zero attached hydrogens (tertiary/aromatic N) is 2. The van der Waals surface area contributed by atoms with Crippen molar-refractivity contribution < 1.29 is 4.74 Å². The first-order chi connectivity index (χ1) is 17.7. The van der Waals surface area contributed by atoms with Gasteiger partial charge in [0.1, 0.15) is 5.75 Å². The lowest BCUT2D eigenvalue weighted by atomic mass is 9.92. The van der Waals surface area contributed by atoms with Gasteiger partial charge in [-0.15, -0.1) is 0 Å². The molecule has 0 aliphatic heterocycles. The van der Waals surface area contributed by atoms with E-state index in [0.717, 1.165) is 41.2 Å². The zero-order chi connectivity index (χ0) is 24.6. The van der Waals surface area contributed by atoms with E-state index in [2.05, 4.69) is 97.3 Å². The molecule has 2 aromatic heterocycles. The van der Waals surface area contributed by atoms with E-state index in [0.29, 0.717) is 5.92 Å². The number of fused-ring (bicyclic) bond motifs is 3. The molecule has 6 rings (SSSR count). The Balaban J connectivity index is 1.55. The maximum Gasteiger partial charge on any atom is 0.118 e. The fourth-order valence-corrected chi connectivity index (χ4v) is 5.49. The zero-order valence-corrected chi connectivity index (χ0v) is 21.0. The van der Waals surface area contributed by atoms with Crippen LogP contribution in [-0.2, 0) is 6.54 Å². The highest BCUT2D eigenvalue weighted by atomic mass is 16.5. The summed E-state index contributed by atoms with van der Waals surface area (Å²) in [5.74, 6) is 1.38. The maximum absolute atomic E-state index is 5.37. The first-order valence-corrected chi connectivity index (χ1v) is 12.7. The second-order valence-electron chi connectivity index (χ2n) is 9.54. The smallest absolute Gasteiger partial charge is 0.118 e. The van der Waals surface area contributed by atoms with Crippen LogP contribution in [0.3, 0.4) is 0 Å². The van der Waals surface area contributed by atoms with Crippen molar-refractivity contribution in [2.24, 2.45) is 0 Å². The molecule has 2 heterocycles. The summed E-state index contributed by atoms with van der Waals surface area (Å²) in [5, 5.41) is 1.33. The third-order valence-electron chi connectivity index (χ3n) is 7.32. The highest BCUT2D eigenvalue weighted by Gasteiger charge is 2.22. The summed E-state index contributed by atoms with van der Waals surface area (Å²) in [5.41, 5.74) is 10.6. The van der Waals surface area contributed by atoms with E-state index in [1.807, 2.05) is 18.2 Å². The van der Waals surface area contributed by atoms with Crippen molar-refractivity contribution >= 4 is 17.0 Å². The third-order valence-corrected chi connectivity index (χ3v) is 7.32. The maximum atomic E-state index is 5.37. The molecule has 3 aromatic carbocycles. The van der Waals surface area contributed by atoms with Gasteiger partial charge in [0.25, 0.3) is 0 Å². The van der Waals surface area contributed by atoms with Crippen LogP contribution in [0.2, 0.25) is 0 Å². The van der Waals surface area contributed by atoms with Crippen molar-refractivity contribution in [3.05, 3.63) is 102 Å². The van der Waals surface area contributed by atoms with Gasteiger partial charge in [-0.05, 0) is 73.0 Å². The minimum atomic E-state index is 0.535. The van der Waals surface area contributed by atoms with Gasteiger partial charge in [0.05, 0.1) is 18.5 Å². The van der Waals surface area contributed by atoms with Gasteiger partial charge in [-0.2, -0.15) is 0 Å². The molecular weight excluding hydrogens is 440 g/mol. The Kier molecular flexibility index (Phi) is 5.69. The average Bonchev–Trinajstić information content (AvgIpc) is 3.27. The van der Waals surface area contributed by atoms with Crippen LogP contribution >= 0.6 is 0 Å². The molecule has 0 saturated heterocycles. The van der Waals surface area contributed by atoms with E-state index < -0.39 is 0 Å². The minimum absolute atomic E-state index is 0.535. The van der Waals surface area contributed by atoms with Crippen molar-refractivity contribution in [3.8, 4) is 39.4 Å². The highest BCUT2D eigenvalue weighted by molar-refractivity contribution is 5.95. The van der Waals surface area contributed by atoms with Gasteiger partial charge in [-0.1, -0.05) is 55.5 Å². The number of aryl methyl sites for hydroxylation is 1. The van der Waals surface area contributed by atoms with E-state index in [-0.39, 0.29) is 0 Å². The summed E-state index contributed by atoms with van der Waals surface area (Å²) in [6, 6.07) is 29.9. The van der Waals surface area contributed by atoms with Gasteiger partial charge in [0.2, 0.25) is 0 Å². The van der Waals surface area contributed by atoms with E-state index in [1.54, 1.807) is 7.11 Å². The standard InChI is InChI=1S/C33H30N2O/c1-4-35-32-18-15-25(19-29(32)28-12-8-9-22(2)33(28)35)26-20-30(23-10-6-5-7-11-23)34-31(21-26)24-13-16-27(36-3)17-14-24/h5-8,10-22H,4,9H2,1-3H3. The van der Waals surface area contributed by atoms with Crippen LogP contribution in [0.5, 0.6) is 5.75 Å². The number of allylic oxidation sites excluding steroid dienone is 1. The molecule has 0 radical (unpaired) electrons. The summed E-state index contributed by atoms with van der Waals surface area (Å²) in [6.07, 6.45) is 5.74. The Morgan fingerprint density at radius 2 is 1.53 bits per heavy atom. The number of hydrogen-bond acceptors (Lipinski definition) is 2. The molecule has 0 spiro atoms. The Hall–Kier alpha value is -4.11. The predicted octanol–water partition coefficient (Wildman–Crippen LogP) is 8.59. The van der Waals surface area contributed by atoms with Crippen LogP contribution < -0.4 is 4.74 Å². The lowest BCUT2D eigenvalue weighted by molar-refractivity contribution is 0.415. The van der Waals surface area contributed by atoms with E-state index in [4.69, 9.17) is 9.72 Å². The van der Waals surface area contributed by atoms with Gasteiger partial charge in [0, 0.05) is 45.7 Å². The minimum Gasteiger partial charge on any atom is -0.497 e. The molecule has 1 unspecified atom stereocenters. The molecule has 0 saturated carbocycles. The van der Waals surface area contributed by atoms with Crippen molar-refractivity contribution in [2.45, 2.75) is 32.7 Å². The molecule has 36 heavy (non-hydrogen) atoms. The largest absolute Gasteiger partial charge is 0.497 e. The number of aromatic nitrogens is 2. The van der Waals surface area contributed by atoms with Crippen LogP contribution in [0.25, 0.3) is 50.6 Å². The number of methoxy groups -OCH3 is 1. The van der Waals surface area contributed by atoms with Gasteiger partial charge in [-0.3, -0.25) is 0 Å². The SMILES string of the molecule is CCn1c2c(c3cc(-c4cc(-c5ccccc5)nc(-c5ccc(OC)cc5)c4)ccc31)C=CCC2C. The second kappa shape index (κ2) is 9.16. The summed E-state index contributed by atoms with van der Waals surface area (Å²) in [7, 11) is 1.69. The fourth-order valence-electron chi connectivity index (χ4n) is 5.49. The van der Waals surface area contributed by atoms with Crippen LogP contribution in [0.1, 0.15) is 37.4 Å². The van der Waals surface area contributed by atoms with Gasteiger partial charge >= 0.3 is 0 Å². The Morgan fingerprint density at radius 1 is 0.833 bits per heavy atom. The summed E-state index contributed by atoms with van der Waals surface area (Å²) < 4.78 is 7.86. The molecule has 178 valence electrons. The Morgan fingerprint density at radius 3 is 2.22 bits per heavy atom. The van der Waals surface area contributed by atoms with Gasteiger partial charge < -0.3 is 9.30 Å².